The fourth-order valence-electron chi connectivity index (χ4n) is 3.41. The third kappa shape index (κ3) is 3.28. The van der Waals surface area contributed by atoms with Gasteiger partial charge >= 0.3 is 5.97 Å². The fourth-order valence-corrected chi connectivity index (χ4v) is 3.41. The number of carbonyl (C=O) groups excluding carboxylic acids is 1. The molecule has 2 aromatic rings. The van der Waals surface area contributed by atoms with E-state index >= 15 is 0 Å². The van der Waals surface area contributed by atoms with Crippen LogP contribution in [0.5, 0.6) is 0 Å². The summed E-state index contributed by atoms with van der Waals surface area (Å²) in [6.45, 7) is 1.99. The first-order valence-electron chi connectivity index (χ1n) is 8.20. The first-order valence-corrected chi connectivity index (χ1v) is 8.20. The highest BCUT2D eigenvalue weighted by Crippen LogP contribution is 2.34. The largest absolute Gasteiger partial charge is 0.481 e. The van der Waals surface area contributed by atoms with Crippen molar-refractivity contribution in [2.45, 2.75) is 12.8 Å². The number of hydrogen-bond acceptors (Lipinski definition) is 4. The van der Waals surface area contributed by atoms with Crippen LogP contribution in [0.2, 0.25) is 0 Å². The van der Waals surface area contributed by atoms with Crippen LogP contribution < -0.4 is 0 Å². The Morgan fingerprint density at radius 3 is 2.46 bits per heavy atom. The Morgan fingerprint density at radius 2 is 1.85 bits per heavy atom. The first-order chi connectivity index (χ1) is 12.4. The van der Waals surface area contributed by atoms with E-state index in [9.17, 15) is 24.8 Å². The van der Waals surface area contributed by atoms with E-state index in [1.54, 1.807) is 13.0 Å². The summed E-state index contributed by atoms with van der Waals surface area (Å²) in [6, 6.07) is 13.5. The zero-order chi connectivity index (χ0) is 18.8. The van der Waals surface area contributed by atoms with Gasteiger partial charge in [-0.3, -0.25) is 19.7 Å². The molecule has 0 aliphatic carbocycles. The number of carboxylic acid groups (broad SMARTS) is 1. The van der Waals surface area contributed by atoms with Crippen molar-refractivity contribution in [1.82, 2.24) is 4.90 Å². The predicted molar refractivity (Wildman–Crippen MR) is 94.0 cm³/mol. The van der Waals surface area contributed by atoms with Gasteiger partial charge in [0.2, 0.25) is 0 Å². The second kappa shape index (κ2) is 6.95. The van der Waals surface area contributed by atoms with Crippen molar-refractivity contribution in [2.75, 3.05) is 13.1 Å². The molecule has 0 unspecified atom stereocenters. The number of benzene rings is 2. The Hall–Kier alpha value is -3.22. The molecule has 1 aliphatic heterocycles. The summed E-state index contributed by atoms with van der Waals surface area (Å²) in [5.74, 6) is -2.58. The molecule has 3 rings (SSSR count). The molecule has 26 heavy (non-hydrogen) atoms. The quantitative estimate of drug-likeness (QED) is 0.672. The van der Waals surface area contributed by atoms with Gasteiger partial charge in [-0.2, -0.15) is 0 Å². The van der Waals surface area contributed by atoms with Gasteiger partial charge in [-0.1, -0.05) is 36.4 Å². The molecule has 0 aromatic heterocycles. The van der Waals surface area contributed by atoms with Gasteiger partial charge in [-0.05, 0) is 24.1 Å². The highest BCUT2D eigenvalue weighted by Gasteiger charge is 2.41. The van der Waals surface area contributed by atoms with Gasteiger partial charge in [0.05, 0.1) is 10.8 Å². The Bertz CT molecular complexity index is 865. The third-order valence-electron chi connectivity index (χ3n) is 4.73. The van der Waals surface area contributed by atoms with Gasteiger partial charge in [0.1, 0.15) is 5.56 Å². The maximum Gasteiger partial charge on any atom is 0.308 e. The number of hydrogen-bond donors (Lipinski definition) is 1. The van der Waals surface area contributed by atoms with Crippen molar-refractivity contribution in [3.8, 4) is 0 Å². The minimum atomic E-state index is -0.979. The van der Waals surface area contributed by atoms with Crippen molar-refractivity contribution < 1.29 is 19.6 Å². The second-order valence-electron chi connectivity index (χ2n) is 6.45. The van der Waals surface area contributed by atoms with Crippen LogP contribution >= 0.6 is 0 Å². The number of aryl methyl sites for hydroxylation is 1. The number of aliphatic carboxylic acids is 1. The van der Waals surface area contributed by atoms with Crippen molar-refractivity contribution in [2.24, 2.45) is 5.92 Å². The van der Waals surface area contributed by atoms with Crippen LogP contribution in [-0.2, 0) is 4.79 Å². The van der Waals surface area contributed by atoms with Gasteiger partial charge in [-0.15, -0.1) is 0 Å². The topological polar surface area (TPSA) is 101 Å². The van der Waals surface area contributed by atoms with E-state index in [0.717, 1.165) is 11.1 Å². The van der Waals surface area contributed by atoms with Gasteiger partial charge in [-0.25, -0.2) is 0 Å². The number of nitrogens with zero attached hydrogens (tertiary/aromatic N) is 2. The van der Waals surface area contributed by atoms with Crippen molar-refractivity contribution in [3.05, 3.63) is 75.3 Å². The van der Waals surface area contributed by atoms with E-state index in [1.807, 2.05) is 30.3 Å². The summed E-state index contributed by atoms with van der Waals surface area (Å²) in [6.07, 6.45) is 0. The zero-order valence-electron chi connectivity index (χ0n) is 14.2. The summed E-state index contributed by atoms with van der Waals surface area (Å²) in [4.78, 5) is 36.6. The molecule has 0 bridgehead atoms. The molecule has 1 saturated heterocycles. The number of carboxylic acids is 1. The van der Waals surface area contributed by atoms with Crippen LogP contribution in [0.3, 0.4) is 0 Å². The first kappa shape index (κ1) is 17.6. The van der Waals surface area contributed by atoms with Crippen LogP contribution in [-0.4, -0.2) is 39.9 Å². The molecule has 0 saturated carbocycles. The molecule has 2 aromatic carbocycles. The average molecular weight is 354 g/mol. The molecular formula is C19H18N2O5. The lowest BCUT2D eigenvalue weighted by Crippen LogP contribution is -2.30. The number of carbonyl (C=O) groups is 2. The molecule has 7 heteroatoms. The smallest absolute Gasteiger partial charge is 0.308 e. The highest BCUT2D eigenvalue weighted by molar-refractivity contribution is 5.99. The minimum absolute atomic E-state index is 0.00662. The summed E-state index contributed by atoms with van der Waals surface area (Å²) >= 11 is 0. The van der Waals surface area contributed by atoms with Crippen LogP contribution in [0.25, 0.3) is 0 Å². The van der Waals surface area contributed by atoms with Crippen LogP contribution in [0.1, 0.15) is 27.4 Å². The molecule has 0 radical (unpaired) electrons. The molecule has 0 spiro atoms. The number of nitro groups is 1. The average Bonchev–Trinajstić information content (AvgIpc) is 3.07. The fraction of sp³-hybridized carbons (Fsp3) is 0.263. The summed E-state index contributed by atoms with van der Waals surface area (Å²) in [5.41, 5.74) is 1.30. The van der Waals surface area contributed by atoms with E-state index < -0.39 is 22.7 Å². The van der Waals surface area contributed by atoms with Crippen LogP contribution in [0.4, 0.5) is 5.69 Å². The Kier molecular flexibility index (Phi) is 4.71. The lowest BCUT2D eigenvalue weighted by atomic mass is 9.89. The molecule has 1 heterocycles. The van der Waals surface area contributed by atoms with E-state index in [0.29, 0.717) is 0 Å². The van der Waals surface area contributed by atoms with Gasteiger partial charge in [0.25, 0.3) is 11.6 Å². The van der Waals surface area contributed by atoms with Crippen molar-refractivity contribution in [1.29, 1.82) is 0 Å². The number of likely N-dealkylation sites (tertiary alicyclic amines) is 1. The second-order valence-corrected chi connectivity index (χ2v) is 6.45. The van der Waals surface area contributed by atoms with E-state index in [1.165, 1.54) is 17.0 Å². The van der Waals surface area contributed by atoms with Crippen LogP contribution in [0, 0.1) is 23.0 Å². The molecule has 7 nitrogen and oxygen atoms in total. The SMILES string of the molecule is Cc1ccc([N+](=O)[O-])c(C(=O)N2C[C@H](C(=O)O)[C@H](c3ccccc3)C2)c1. The molecule has 1 fully saturated rings. The molecule has 2 atom stereocenters. The molecule has 1 amide bonds. The molecule has 134 valence electrons. The minimum Gasteiger partial charge on any atom is -0.481 e. The van der Waals surface area contributed by atoms with E-state index in [4.69, 9.17) is 0 Å². The van der Waals surface area contributed by atoms with Gasteiger partial charge < -0.3 is 10.0 Å². The molecule has 1 aliphatic rings. The summed E-state index contributed by atoms with van der Waals surface area (Å²) in [7, 11) is 0. The predicted octanol–water partition coefficient (Wildman–Crippen LogP) is 2.84. The Morgan fingerprint density at radius 1 is 1.15 bits per heavy atom. The Balaban J connectivity index is 1.93. The van der Waals surface area contributed by atoms with Gasteiger partial charge in [0.15, 0.2) is 0 Å². The third-order valence-corrected chi connectivity index (χ3v) is 4.73. The van der Waals surface area contributed by atoms with Crippen LogP contribution in [0.15, 0.2) is 48.5 Å². The maximum atomic E-state index is 12.9. The number of amides is 1. The molecule has 1 N–H and O–H groups in total. The van der Waals surface area contributed by atoms with E-state index in [-0.39, 0.29) is 30.3 Å². The van der Waals surface area contributed by atoms with E-state index in [2.05, 4.69) is 0 Å². The zero-order valence-corrected chi connectivity index (χ0v) is 14.2. The maximum absolute atomic E-state index is 12.9. The molecular weight excluding hydrogens is 336 g/mol. The number of nitro benzene ring substituents is 1. The summed E-state index contributed by atoms with van der Waals surface area (Å²) < 4.78 is 0. The number of rotatable bonds is 4. The van der Waals surface area contributed by atoms with Crippen molar-refractivity contribution >= 4 is 17.6 Å². The highest BCUT2D eigenvalue weighted by atomic mass is 16.6. The van der Waals surface area contributed by atoms with Gasteiger partial charge in [0, 0.05) is 25.1 Å². The summed E-state index contributed by atoms with van der Waals surface area (Å²) in [5, 5.41) is 20.8. The standard InChI is InChI=1S/C19H18N2O5/c1-12-7-8-17(21(25)26)14(9-12)18(22)20-10-15(16(11-20)19(23)24)13-5-3-2-4-6-13/h2-9,15-16H,10-11H2,1H3,(H,23,24)/t15-,16-/m0/s1. The lowest BCUT2D eigenvalue weighted by molar-refractivity contribution is -0.385. The Labute approximate surface area is 150 Å². The monoisotopic (exact) mass is 354 g/mol. The lowest BCUT2D eigenvalue weighted by Gasteiger charge is -2.17. The normalized spacial score (nSPS) is 19.3. The van der Waals surface area contributed by atoms with Crippen molar-refractivity contribution in [3.63, 3.8) is 0 Å².